The van der Waals surface area contributed by atoms with E-state index < -0.39 is 102 Å². The molecule has 0 amide bonds. The van der Waals surface area contributed by atoms with Gasteiger partial charge in [0.1, 0.15) is 71.4 Å². The molecule has 6 rings (SSSR count). The molecular formula is C37H38O18. The van der Waals surface area contributed by atoms with E-state index in [0.29, 0.717) is 5.56 Å². The van der Waals surface area contributed by atoms with Gasteiger partial charge in [-0.15, -0.1) is 0 Å². The minimum absolute atomic E-state index is 0.0244. The molecule has 2 aliphatic rings. The third-order valence-corrected chi connectivity index (χ3v) is 9.03. The third-order valence-electron chi connectivity index (χ3n) is 9.03. The second-order valence-electron chi connectivity index (χ2n) is 12.8. The van der Waals surface area contributed by atoms with Crippen molar-refractivity contribution in [2.75, 3.05) is 13.7 Å². The first-order valence-electron chi connectivity index (χ1n) is 16.7. The maximum Gasteiger partial charge on any atom is 0.330 e. The molecule has 0 radical (unpaired) electrons. The Labute approximate surface area is 310 Å². The van der Waals surface area contributed by atoms with E-state index >= 15 is 0 Å². The summed E-state index contributed by atoms with van der Waals surface area (Å²) in [5.41, 5.74) is -0.617. The lowest BCUT2D eigenvalue weighted by Gasteiger charge is -2.45. The van der Waals surface area contributed by atoms with E-state index in [1.807, 2.05) is 0 Å². The van der Waals surface area contributed by atoms with Crippen LogP contribution < -0.4 is 14.9 Å². The van der Waals surface area contributed by atoms with Crippen LogP contribution in [0, 0.1) is 0 Å². The fourth-order valence-electron chi connectivity index (χ4n) is 6.03. The topological polar surface area (TPSA) is 285 Å². The molecule has 0 unspecified atom stereocenters. The van der Waals surface area contributed by atoms with Crippen LogP contribution in [0.2, 0.25) is 0 Å². The Kier molecular flexibility index (Phi) is 11.5. The maximum absolute atomic E-state index is 14.0. The highest BCUT2D eigenvalue weighted by atomic mass is 16.8. The summed E-state index contributed by atoms with van der Waals surface area (Å²) in [4.78, 5) is 26.4. The highest BCUT2D eigenvalue weighted by Gasteiger charge is 2.51. The Morgan fingerprint density at radius 3 is 2.24 bits per heavy atom. The molecule has 4 aromatic rings. The highest BCUT2D eigenvalue weighted by Crippen LogP contribution is 2.40. The van der Waals surface area contributed by atoms with Gasteiger partial charge in [0, 0.05) is 23.8 Å². The smallest absolute Gasteiger partial charge is 0.330 e. The monoisotopic (exact) mass is 770 g/mol. The Morgan fingerprint density at radius 2 is 1.53 bits per heavy atom. The first-order valence-corrected chi connectivity index (χ1v) is 16.7. The van der Waals surface area contributed by atoms with Gasteiger partial charge in [0.15, 0.2) is 29.7 Å². The highest BCUT2D eigenvalue weighted by molar-refractivity contribution is 5.88. The SMILES string of the molecule is COc1cc(-c2oc3cc(O)cc(O)c3c(=O)c2O[C@@H]2O[C@@H](C)[C@H](O)[C@@H](O)[C@@H]2O[C@@H]2O[C@H](COC(=O)/C=C/c3ccc(O)cc3)[C@@H](O)[C@H](O)[C@H]2O)ccc1O. The van der Waals surface area contributed by atoms with Gasteiger partial charge in [0.05, 0.1) is 13.2 Å². The fourth-order valence-corrected chi connectivity index (χ4v) is 6.03. The zero-order chi connectivity index (χ0) is 39.7. The molecule has 0 saturated carbocycles. The number of methoxy groups -OCH3 is 1. The van der Waals surface area contributed by atoms with Crippen LogP contribution in [0.3, 0.4) is 0 Å². The van der Waals surface area contributed by atoms with E-state index in [2.05, 4.69) is 0 Å². The lowest BCUT2D eigenvalue weighted by molar-refractivity contribution is -0.355. The van der Waals surface area contributed by atoms with E-state index in [0.717, 1.165) is 18.2 Å². The molecule has 9 N–H and O–H groups in total. The zero-order valence-corrected chi connectivity index (χ0v) is 29.0. The number of hydrogen-bond donors (Lipinski definition) is 9. The van der Waals surface area contributed by atoms with Gasteiger partial charge in [-0.3, -0.25) is 4.79 Å². The molecule has 0 spiro atoms. The summed E-state index contributed by atoms with van der Waals surface area (Å²) in [6.07, 6.45) is -15.0. The average molecular weight is 771 g/mol. The second-order valence-corrected chi connectivity index (χ2v) is 12.8. The molecule has 2 aliphatic heterocycles. The summed E-state index contributed by atoms with van der Waals surface area (Å²) in [6.45, 7) is 0.722. The largest absolute Gasteiger partial charge is 0.508 e. The molecule has 18 nitrogen and oxygen atoms in total. The van der Waals surface area contributed by atoms with Gasteiger partial charge in [0.25, 0.3) is 0 Å². The number of aliphatic hydroxyl groups is 5. The van der Waals surface area contributed by atoms with E-state index in [1.165, 1.54) is 50.4 Å². The Balaban J connectivity index is 1.29. The van der Waals surface area contributed by atoms with Crippen LogP contribution in [0.4, 0.5) is 0 Å². The summed E-state index contributed by atoms with van der Waals surface area (Å²) >= 11 is 0. The minimum Gasteiger partial charge on any atom is -0.508 e. The molecule has 55 heavy (non-hydrogen) atoms. The number of phenols is 4. The third kappa shape index (κ3) is 8.16. The van der Waals surface area contributed by atoms with Crippen molar-refractivity contribution in [2.45, 2.75) is 68.3 Å². The number of hydrogen-bond acceptors (Lipinski definition) is 18. The standard InChI is InChI=1S/C37H38O18/c1-15-27(43)31(47)35(55-36-32(48)30(46)28(44)24(53-36)14-50-25(42)10-5-16-3-7-18(38)8-4-16)37(51-15)54-34-29(45)26-21(41)12-19(39)13-23(26)52-33(34)17-6-9-20(40)22(11-17)49-2/h3-13,15,24,27-28,30-32,35-41,43-44,46-48H,14H2,1-2H3/b10-5+/t15-,24+,27-,28+,30-,31+,32+,35-,36-,37-/m0/s1. The van der Waals surface area contributed by atoms with Gasteiger partial charge in [-0.2, -0.15) is 0 Å². The molecule has 2 fully saturated rings. The Bertz CT molecular complexity index is 2100. The molecular weight excluding hydrogens is 732 g/mol. The van der Waals surface area contributed by atoms with Crippen LogP contribution in [-0.4, -0.2) is 127 Å². The van der Waals surface area contributed by atoms with Crippen molar-refractivity contribution in [2.24, 2.45) is 0 Å². The van der Waals surface area contributed by atoms with E-state index in [4.69, 9.17) is 32.8 Å². The van der Waals surface area contributed by atoms with Gasteiger partial charge in [-0.1, -0.05) is 12.1 Å². The molecule has 3 aromatic carbocycles. The number of ether oxygens (including phenoxy) is 6. The zero-order valence-electron chi connectivity index (χ0n) is 29.0. The molecule has 2 saturated heterocycles. The number of carbonyl (C=O) groups is 1. The van der Waals surface area contributed by atoms with Gasteiger partial charge >= 0.3 is 5.97 Å². The molecule has 10 atom stereocenters. The van der Waals surface area contributed by atoms with Crippen molar-refractivity contribution < 1.29 is 83.6 Å². The van der Waals surface area contributed by atoms with E-state index in [9.17, 15) is 55.5 Å². The van der Waals surface area contributed by atoms with Crippen LogP contribution in [0.15, 0.2) is 69.9 Å². The van der Waals surface area contributed by atoms with Gasteiger partial charge in [-0.05, 0) is 48.9 Å². The number of phenolic OH excluding ortho intramolecular Hbond substituents is 4. The van der Waals surface area contributed by atoms with Crippen LogP contribution in [0.25, 0.3) is 28.4 Å². The Morgan fingerprint density at radius 1 is 0.800 bits per heavy atom. The van der Waals surface area contributed by atoms with Crippen molar-refractivity contribution in [1.82, 2.24) is 0 Å². The number of carbonyl (C=O) groups excluding carboxylic acids is 1. The summed E-state index contributed by atoms with van der Waals surface area (Å²) in [7, 11) is 1.28. The lowest BCUT2D eigenvalue weighted by Crippen LogP contribution is -2.64. The van der Waals surface area contributed by atoms with Crippen LogP contribution >= 0.6 is 0 Å². The molecule has 18 heteroatoms. The van der Waals surface area contributed by atoms with E-state index in [-0.39, 0.29) is 34.2 Å². The number of aromatic hydroxyl groups is 4. The maximum atomic E-state index is 14.0. The van der Waals surface area contributed by atoms with E-state index in [1.54, 1.807) is 12.1 Å². The van der Waals surface area contributed by atoms with Crippen LogP contribution in [-0.2, 0) is 23.7 Å². The summed E-state index contributed by atoms with van der Waals surface area (Å²) < 4.78 is 39.6. The number of fused-ring (bicyclic) bond motifs is 1. The molecule has 0 aliphatic carbocycles. The van der Waals surface area contributed by atoms with Crippen molar-refractivity contribution in [3.63, 3.8) is 0 Å². The van der Waals surface area contributed by atoms with Crippen molar-refractivity contribution >= 4 is 23.0 Å². The number of rotatable bonds is 10. The average Bonchev–Trinajstić information content (AvgIpc) is 3.15. The first kappa shape index (κ1) is 39.3. The van der Waals surface area contributed by atoms with Crippen molar-refractivity contribution in [3.05, 3.63) is 76.5 Å². The lowest BCUT2D eigenvalue weighted by atomic mass is 9.97. The minimum atomic E-state index is -1.99. The normalized spacial score (nSPS) is 28.3. The molecule has 1 aromatic heterocycles. The van der Waals surface area contributed by atoms with Crippen molar-refractivity contribution in [1.29, 1.82) is 0 Å². The Hall–Kier alpha value is -5.44. The van der Waals surface area contributed by atoms with Crippen LogP contribution in [0.1, 0.15) is 12.5 Å². The summed E-state index contributed by atoms with van der Waals surface area (Å²) in [6, 6.07) is 11.7. The number of aliphatic hydroxyl groups excluding tert-OH is 5. The number of esters is 1. The molecule has 294 valence electrons. The molecule has 0 bridgehead atoms. The van der Waals surface area contributed by atoms with Crippen molar-refractivity contribution in [3.8, 4) is 45.8 Å². The first-order chi connectivity index (χ1) is 26.2. The van der Waals surface area contributed by atoms with Gasteiger partial charge < -0.3 is 78.8 Å². The van der Waals surface area contributed by atoms with Gasteiger partial charge in [-0.25, -0.2) is 4.79 Å². The fraction of sp³-hybridized carbons (Fsp3) is 0.351. The predicted molar refractivity (Wildman–Crippen MR) is 186 cm³/mol. The van der Waals surface area contributed by atoms with Gasteiger partial charge in [0.2, 0.25) is 17.5 Å². The number of benzene rings is 3. The van der Waals surface area contributed by atoms with Crippen LogP contribution in [0.5, 0.6) is 34.5 Å². The predicted octanol–water partition coefficient (Wildman–Crippen LogP) is 0.586. The second kappa shape index (κ2) is 16.1. The molecule has 3 heterocycles. The summed E-state index contributed by atoms with van der Waals surface area (Å²) in [5.74, 6) is -3.24. The quantitative estimate of drug-likeness (QED) is 0.0788. The summed E-state index contributed by atoms with van der Waals surface area (Å²) in [5, 5.41) is 94.1.